The SMILES string of the molecule is C=CCOc1ccc(/C=N/n2c(=O)[nH]c3c([nH]c4ccc(F)cc43)c2=O)cc1. The van der Waals surface area contributed by atoms with Crippen molar-refractivity contribution >= 4 is 28.2 Å². The zero-order chi connectivity index (χ0) is 19.7. The minimum absolute atomic E-state index is 0.144. The summed E-state index contributed by atoms with van der Waals surface area (Å²) in [5.41, 5.74) is 0.268. The van der Waals surface area contributed by atoms with Crippen LogP contribution in [0.1, 0.15) is 5.56 Å². The smallest absolute Gasteiger partial charge is 0.350 e. The second kappa shape index (κ2) is 6.99. The molecular formula is C20H15FN4O3. The van der Waals surface area contributed by atoms with Crippen molar-refractivity contribution in [3.63, 3.8) is 0 Å². The fourth-order valence-corrected chi connectivity index (χ4v) is 2.85. The summed E-state index contributed by atoms with van der Waals surface area (Å²) in [5, 5.41) is 4.42. The van der Waals surface area contributed by atoms with Crippen LogP contribution in [-0.4, -0.2) is 27.5 Å². The Morgan fingerprint density at radius 1 is 1.11 bits per heavy atom. The third-order valence-corrected chi connectivity index (χ3v) is 4.16. The van der Waals surface area contributed by atoms with Crippen LogP contribution in [0.5, 0.6) is 5.75 Å². The highest BCUT2D eigenvalue weighted by atomic mass is 19.1. The van der Waals surface area contributed by atoms with Crippen molar-refractivity contribution < 1.29 is 9.13 Å². The van der Waals surface area contributed by atoms with Crippen molar-refractivity contribution in [2.45, 2.75) is 0 Å². The Labute approximate surface area is 157 Å². The maximum Gasteiger partial charge on any atom is 0.350 e. The highest BCUT2D eigenvalue weighted by Gasteiger charge is 2.13. The van der Waals surface area contributed by atoms with Crippen LogP contribution in [0, 0.1) is 5.82 Å². The van der Waals surface area contributed by atoms with Crippen LogP contribution in [0.2, 0.25) is 0 Å². The normalized spacial score (nSPS) is 11.5. The van der Waals surface area contributed by atoms with E-state index in [1.807, 2.05) is 0 Å². The minimum atomic E-state index is -0.718. The summed E-state index contributed by atoms with van der Waals surface area (Å²) in [6.45, 7) is 3.98. The van der Waals surface area contributed by atoms with Gasteiger partial charge in [0.15, 0.2) is 0 Å². The standard InChI is InChI=1S/C20H15FN4O3/c1-2-9-28-14-6-3-12(4-7-14)11-22-25-19(26)18-17(24-20(25)27)15-10-13(21)5-8-16(15)23-18/h2-8,10-11,23H,1,9H2,(H,24,27)/b22-11+. The molecule has 2 N–H and O–H groups in total. The van der Waals surface area contributed by atoms with Gasteiger partial charge in [-0.15, -0.1) is 4.68 Å². The molecule has 4 rings (SSSR count). The molecule has 2 aromatic carbocycles. The monoisotopic (exact) mass is 378 g/mol. The molecule has 8 heteroatoms. The van der Waals surface area contributed by atoms with Gasteiger partial charge in [-0.2, -0.15) is 5.10 Å². The maximum atomic E-state index is 13.5. The van der Waals surface area contributed by atoms with Crippen molar-refractivity contribution in [3.8, 4) is 5.75 Å². The number of rotatable bonds is 5. The van der Waals surface area contributed by atoms with Gasteiger partial charge in [0.05, 0.1) is 11.7 Å². The first-order valence-electron chi connectivity index (χ1n) is 8.41. The summed E-state index contributed by atoms with van der Waals surface area (Å²) >= 11 is 0. The highest BCUT2D eigenvalue weighted by Crippen LogP contribution is 2.21. The molecule has 28 heavy (non-hydrogen) atoms. The van der Waals surface area contributed by atoms with Crippen LogP contribution in [0.25, 0.3) is 21.9 Å². The van der Waals surface area contributed by atoms with E-state index in [4.69, 9.17) is 4.74 Å². The van der Waals surface area contributed by atoms with Crippen LogP contribution in [-0.2, 0) is 0 Å². The summed E-state index contributed by atoms with van der Waals surface area (Å²) < 4.78 is 19.6. The van der Waals surface area contributed by atoms with Gasteiger partial charge in [-0.1, -0.05) is 12.7 Å². The Hall–Kier alpha value is -3.94. The Morgan fingerprint density at radius 3 is 2.64 bits per heavy atom. The van der Waals surface area contributed by atoms with Crippen LogP contribution in [0.15, 0.2) is 69.8 Å². The zero-order valence-corrected chi connectivity index (χ0v) is 14.6. The molecule has 0 aliphatic heterocycles. The molecule has 0 radical (unpaired) electrons. The van der Waals surface area contributed by atoms with E-state index >= 15 is 0 Å². The molecular weight excluding hydrogens is 363 g/mol. The minimum Gasteiger partial charge on any atom is -0.490 e. The molecule has 2 heterocycles. The first-order chi connectivity index (χ1) is 13.6. The molecule has 0 spiro atoms. The topological polar surface area (TPSA) is 92.2 Å². The van der Waals surface area contributed by atoms with Crippen LogP contribution >= 0.6 is 0 Å². The third-order valence-electron chi connectivity index (χ3n) is 4.16. The fraction of sp³-hybridized carbons (Fsp3) is 0.0500. The predicted molar refractivity (Wildman–Crippen MR) is 106 cm³/mol. The van der Waals surface area contributed by atoms with Gasteiger partial charge in [0, 0.05) is 10.9 Å². The van der Waals surface area contributed by atoms with Gasteiger partial charge >= 0.3 is 11.2 Å². The lowest BCUT2D eigenvalue weighted by Crippen LogP contribution is -2.32. The molecule has 0 aliphatic rings. The van der Waals surface area contributed by atoms with E-state index in [1.54, 1.807) is 30.3 Å². The third kappa shape index (κ3) is 3.11. The number of ether oxygens (including phenoxy) is 1. The maximum absolute atomic E-state index is 13.5. The molecule has 0 atom stereocenters. The molecule has 0 unspecified atom stereocenters. The number of aromatic amines is 2. The number of halogens is 1. The highest BCUT2D eigenvalue weighted by molar-refractivity contribution is 6.04. The molecule has 2 aromatic heterocycles. The number of fused-ring (bicyclic) bond motifs is 3. The summed E-state index contributed by atoms with van der Waals surface area (Å²) in [4.78, 5) is 30.5. The number of aromatic nitrogens is 3. The van der Waals surface area contributed by atoms with E-state index in [0.717, 1.165) is 4.68 Å². The number of benzene rings is 2. The molecule has 140 valence electrons. The predicted octanol–water partition coefficient (Wildman–Crippen LogP) is 2.76. The zero-order valence-electron chi connectivity index (χ0n) is 14.6. The number of hydrogen-bond acceptors (Lipinski definition) is 4. The largest absolute Gasteiger partial charge is 0.490 e. The van der Waals surface area contributed by atoms with Crippen molar-refractivity contribution in [1.82, 2.24) is 14.6 Å². The fourth-order valence-electron chi connectivity index (χ4n) is 2.85. The van der Waals surface area contributed by atoms with E-state index in [2.05, 4.69) is 21.6 Å². The van der Waals surface area contributed by atoms with Crippen molar-refractivity contribution in [3.05, 3.63) is 87.3 Å². The Bertz CT molecular complexity index is 1330. The number of nitrogens with zero attached hydrogens (tertiary/aromatic N) is 2. The second-order valence-electron chi connectivity index (χ2n) is 6.03. The van der Waals surface area contributed by atoms with Gasteiger partial charge in [0.25, 0.3) is 0 Å². The van der Waals surface area contributed by atoms with Crippen LogP contribution in [0.4, 0.5) is 4.39 Å². The summed E-state index contributed by atoms with van der Waals surface area (Å²) in [7, 11) is 0. The molecule has 7 nitrogen and oxygen atoms in total. The lowest BCUT2D eigenvalue weighted by molar-refractivity contribution is 0.363. The van der Waals surface area contributed by atoms with Crippen LogP contribution < -0.4 is 16.0 Å². The second-order valence-corrected chi connectivity index (χ2v) is 6.03. The molecule has 0 amide bonds. The van der Waals surface area contributed by atoms with Gasteiger partial charge < -0.3 is 14.7 Å². The van der Waals surface area contributed by atoms with Crippen LogP contribution in [0.3, 0.4) is 0 Å². The number of H-pyrrole nitrogens is 2. The van der Waals surface area contributed by atoms with E-state index < -0.39 is 17.1 Å². The summed E-state index contributed by atoms with van der Waals surface area (Å²) in [5.74, 6) is 0.204. The lowest BCUT2D eigenvalue weighted by Gasteiger charge is -2.02. The molecule has 0 saturated heterocycles. The van der Waals surface area contributed by atoms with E-state index in [0.29, 0.717) is 28.8 Å². The number of hydrogen-bond donors (Lipinski definition) is 2. The van der Waals surface area contributed by atoms with E-state index in [-0.39, 0.29) is 11.0 Å². The average Bonchev–Trinajstić information content (AvgIpc) is 3.05. The Balaban J connectivity index is 1.73. The molecule has 0 bridgehead atoms. The Morgan fingerprint density at radius 2 is 1.89 bits per heavy atom. The number of nitrogens with one attached hydrogen (secondary N) is 2. The van der Waals surface area contributed by atoms with Crippen molar-refractivity contribution in [2.24, 2.45) is 5.10 Å². The van der Waals surface area contributed by atoms with E-state index in [1.165, 1.54) is 24.4 Å². The van der Waals surface area contributed by atoms with Gasteiger partial charge in [-0.3, -0.25) is 4.79 Å². The molecule has 0 fully saturated rings. The summed E-state index contributed by atoms with van der Waals surface area (Å²) in [6, 6.07) is 11.0. The average molecular weight is 378 g/mol. The van der Waals surface area contributed by atoms with Gasteiger partial charge in [-0.25, -0.2) is 9.18 Å². The van der Waals surface area contributed by atoms with Gasteiger partial charge in [0.2, 0.25) is 0 Å². The summed E-state index contributed by atoms with van der Waals surface area (Å²) in [6.07, 6.45) is 3.03. The van der Waals surface area contributed by atoms with Gasteiger partial charge in [0.1, 0.15) is 23.7 Å². The van der Waals surface area contributed by atoms with Crippen molar-refractivity contribution in [2.75, 3.05) is 6.61 Å². The molecule has 0 saturated carbocycles. The quantitative estimate of drug-likeness (QED) is 0.413. The van der Waals surface area contributed by atoms with E-state index in [9.17, 15) is 14.0 Å². The molecule has 0 aliphatic carbocycles. The Kier molecular flexibility index (Phi) is 4.36. The van der Waals surface area contributed by atoms with Gasteiger partial charge in [-0.05, 0) is 48.0 Å². The first kappa shape index (κ1) is 17.5. The lowest BCUT2D eigenvalue weighted by atomic mass is 10.2. The molecule has 4 aromatic rings. The van der Waals surface area contributed by atoms with Crippen molar-refractivity contribution in [1.29, 1.82) is 0 Å². The first-order valence-corrected chi connectivity index (χ1v) is 8.41.